The van der Waals surface area contributed by atoms with Gasteiger partial charge in [0, 0.05) is 47.5 Å². The zero-order valence-corrected chi connectivity index (χ0v) is 25.0. The lowest BCUT2D eigenvalue weighted by molar-refractivity contribution is -0.128. The molecule has 0 bridgehead atoms. The first kappa shape index (κ1) is 28.8. The molecule has 1 aliphatic heterocycles. The molecule has 40 heavy (non-hydrogen) atoms. The summed E-state index contributed by atoms with van der Waals surface area (Å²) in [6, 6.07) is 16.3. The Morgan fingerprint density at radius 2 is 1.90 bits per heavy atom. The van der Waals surface area contributed by atoms with Gasteiger partial charge in [0.05, 0.1) is 12.0 Å². The van der Waals surface area contributed by atoms with Crippen LogP contribution in [0.4, 0.5) is 0 Å². The van der Waals surface area contributed by atoms with Crippen molar-refractivity contribution in [2.24, 2.45) is 5.73 Å². The Hall–Kier alpha value is -2.72. The van der Waals surface area contributed by atoms with E-state index in [0.717, 1.165) is 50.9 Å². The van der Waals surface area contributed by atoms with E-state index in [0.29, 0.717) is 17.8 Å². The summed E-state index contributed by atoms with van der Waals surface area (Å²) in [6.45, 7) is 4.22. The van der Waals surface area contributed by atoms with Crippen LogP contribution in [0.25, 0.3) is 0 Å². The van der Waals surface area contributed by atoms with Crippen LogP contribution in [0.1, 0.15) is 63.5 Å². The van der Waals surface area contributed by atoms with Crippen molar-refractivity contribution in [2.45, 2.75) is 82.7 Å². The molecule has 2 fully saturated rings. The van der Waals surface area contributed by atoms with Crippen molar-refractivity contribution < 1.29 is 14.3 Å². The van der Waals surface area contributed by atoms with Crippen LogP contribution in [0.3, 0.4) is 0 Å². The fourth-order valence-electron chi connectivity index (χ4n) is 5.96. The van der Waals surface area contributed by atoms with E-state index in [1.54, 1.807) is 7.11 Å². The highest BCUT2D eigenvalue weighted by atomic mass is 32.1. The normalized spacial score (nSPS) is 23.2. The number of benzene rings is 1. The quantitative estimate of drug-likeness (QED) is 0.364. The van der Waals surface area contributed by atoms with Crippen LogP contribution in [0, 0.1) is 6.92 Å². The van der Waals surface area contributed by atoms with Gasteiger partial charge in [0.2, 0.25) is 5.91 Å². The van der Waals surface area contributed by atoms with Crippen molar-refractivity contribution in [3.8, 4) is 5.75 Å². The third-order valence-electron chi connectivity index (χ3n) is 8.18. The number of hydrogen-bond donors (Lipinski definition) is 2. The van der Waals surface area contributed by atoms with Gasteiger partial charge in [0.15, 0.2) is 0 Å². The fraction of sp³-hybridized carbons (Fsp3) is 0.484. The Labute approximate surface area is 245 Å². The number of ether oxygens (including phenoxy) is 1. The molecule has 2 amide bonds. The fourth-order valence-corrected chi connectivity index (χ4v) is 7.56. The van der Waals surface area contributed by atoms with Crippen LogP contribution in [0.5, 0.6) is 5.75 Å². The second-order valence-corrected chi connectivity index (χ2v) is 13.4. The molecule has 0 spiro atoms. The molecule has 3 N–H and O–H groups in total. The molecule has 7 nitrogen and oxygen atoms in total. The van der Waals surface area contributed by atoms with Gasteiger partial charge in [-0.2, -0.15) is 0 Å². The SMILES string of the molecule is COc1cccc(CN(Cc2ccc(C)s2)C2CCN(C(=O)c3cccs3)[C@@H](C(=O)NC3CCC(N)CC3)C2)c1. The Morgan fingerprint density at radius 3 is 2.60 bits per heavy atom. The van der Waals surface area contributed by atoms with Crippen molar-refractivity contribution in [2.75, 3.05) is 13.7 Å². The van der Waals surface area contributed by atoms with Gasteiger partial charge in [-0.05, 0) is 86.7 Å². The van der Waals surface area contributed by atoms with Crippen LogP contribution >= 0.6 is 22.7 Å². The number of thiophene rings is 2. The highest BCUT2D eigenvalue weighted by molar-refractivity contribution is 7.12. The number of aryl methyl sites for hydroxylation is 1. The number of rotatable bonds is 9. The topological polar surface area (TPSA) is 87.9 Å². The monoisotopic (exact) mass is 580 g/mol. The molecule has 9 heteroatoms. The molecule has 1 aliphatic carbocycles. The highest BCUT2D eigenvalue weighted by Crippen LogP contribution is 2.30. The molecule has 1 unspecified atom stereocenters. The molecule has 0 radical (unpaired) electrons. The van der Waals surface area contributed by atoms with Crippen LogP contribution in [-0.4, -0.2) is 59.4 Å². The molecular weight excluding hydrogens is 541 g/mol. The molecule has 214 valence electrons. The molecule has 2 atom stereocenters. The first-order valence-corrected chi connectivity index (χ1v) is 15.9. The lowest BCUT2D eigenvalue weighted by atomic mass is 9.90. The number of nitrogens with one attached hydrogen (secondary N) is 1. The molecule has 1 aromatic carbocycles. The second kappa shape index (κ2) is 13.3. The standard InChI is InChI=1S/C31H40N4O3S2/c1-21-8-13-27(40-21)20-34(19-22-5-3-6-26(17-22)38-2)25-14-15-35(31(37)29-7-4-16-39-29)28(18-25)30(36)33-24-11-9-23(32)10-12-24/h3-8,13,16-17,23-25,28H,9-12,14-15,18-20,32H2,1-2H3,(H,33,36)/t23?,24?,25?,28-/m1/s1. The molecule has 5 rings (SSSR count). The van der Waals surface area contributed by atoms with Gasteiger partial charge in [-0.1, -0.05) is 18.2 Å². The number of amides is 2. The van der Waals surface area contributed by atoms with Gasteiger partial charge in [0.1, 0.15) is 11.8 Å². The van der Waals surface area contributed by atoms with Gasteiger partial charge >= 0.3 is 0 Å². The van der Waals surface area contributed by atoms with E-state index in [9.17, 15) is 9.59 Å². The average Bonchev–Trinajstić information content (AvgIpc) is 3.65. The number of carbonyl (C=O) groups excluding carboxylic acids is 2. The summed E-state index contributed by atoms with van der Waals surface area (Å²) in [5.74, 6) is 0.751. The van der Waals surface area contributed by atoms with E-state index >= 15 is 0 Å². The maximum atomic E-state index is 13.8. The minimum atomic E-state index is -0.512. The van der Waals surface area contributed by atoms with E-state index in [2.05, 4.69) is 41.4 Å². The van der Waals surface area contributed by atoms with E-state index < -0.39 is 6.04 Å². The summed E-state index contributed by atoms with van der Waals surface area (Å²) in [7, 11) is 1.69. The van der Waals surface area contributed by atoms with Gasteiger partial charge in [0.25, 0.3) is 5.91 Å². The molecular formula is C31H40N4O3S2. The average molecular weight is 581 g/mol. The third-order valence-corrected chi connectivity index (χ3v) is 10.0. The molecule has 1 saturated carbocycles. The largest absolute Gasteiger partial charge is 0.497 e. The third kappa shape index (κ3) is 7.13. The highest BCUT2D eigenvalue weighted by Gasteiger charge is 2.39. The van der Waals surface area contributed by atoms with Crippen LogP contribution < -0.4 is 15.8 Å². The van der Waals surface area contributed by atoms with Crippen molar-refractivity contribution in [3.05, 3.63) is 74.1 Å². The van der Waals surface area contributed by atoms with Crippen LogP contribution in [0.15, 0.2) is 53.9 Å². The Morgan fingerprint density at radius 1 is 1.07 bits per heavy atom. The van der Waals surface area contributed by atoms with Gasteiger partial charge in [-0.3, -0.25) is 14.5 Å². The van der Waals surface area contributed by atoms with Gasteiger partial charge in [-0.25, -0.2) is 0 Å². The summed E-state index contributed by atoms with van der Waals surface area (Å²) < 4.78 is 5.49. The van der Waals surface area contributed by atoms with Crippen LogP contribution in [0.2, 0.25) is 0 Å². The Kier molecular flexibility index (Phi) is 9.57. The number of likely N-dealkylation sites (tertiary alicyclic amines) is 1. The minimum absolute atomic E-state index is 0.0385. The van der Waals surface area contributed by atoms with Crippen LogP contribution in [-0.2, 0) is 17.9 Å². The number of nitrogens with zero attached hydrogens (tertiary/aromatic N) is 2. The van der Waals surface area contributed by atoms with E-state index in [1.807, 2.05) is 45.9 Å². The zero-order chi connectivity index (χ0) is 28.1. The summed E-state index contributed by atoms with van der Waals surface area (Å²) >= 11 is 3.25. The van der Waals surface area contributed by atoms with Crippen molar-refractivity contribution in [1.29, 1.82) is 0 Å². The number of carbonyl (C=O) groups is 2. The Bertz CT molecular complexity index is 1270. The first-order chi connectivity index (χ1) is 19.4. The summed E-state index contributed by atoms with van der Waals surface area (Å²) in [5.41, 5.74) is 7.28. The van der Waals surface area contributed by atoms with Crippen molar-refractivity contribution >= 4 is 34.5 Å². The van der Waals surface area contributed by atoms with Gasteiger partial charge in [-0.15, -0.1) is 22.7 Å². The zero-order valence-electron chi connectivity index (χ0n) is 23.4. The first-order valence-electron chi connectivity index (χ1n) is 14.2. The number of methoxy groups -OCH3 is 1. The molecule has 1 saturated heterocycles. The summed E-state index contributed by atoms with van der Waals surface area (Å²) in [6.07, 6.45) is 5.04. The van der Waals surface area contributed by atoms with Crippen molar-refractivity contribution in [1.82, 2.24) is 15.1 Å². The van der Waals surface area contributed by atoms with Gasteiger partial charge < -0.3 is 20.7 Å². The molecule has 3 heterocycles. The maximum absolute atomic E-state index is 13.8. The van der Waals surface area contributed by atoms with E-state index in [-0.39, 0.29) is 29.9 Å². The number of hydrogen-bond acceptors (Lipinski definition) is 7. The van der Waals surface area contributed by atoms with Crippen molar-refractivity contribution in [3.63, 3.8) is 0 Å². The second-order valence-electron chi connectivity index (χ2n) is 11.1. The Balaban J connectivity index is 1.38. The van der Waals surface area contributed by atoms with E-state index in [1.165, 1.54) is 26.7 Å². The summed E-state index contributed by atoms with van der Waals surface area (Å²) in [5, 5.41) is 5.21. The predicted molar refractivity (Wildman–Crippen MR) is 162 cm³/mol. The molecule has 2 aromatic heterocycles. The predicted octanol–water partition coefficient (Wildman–Crippen LogP) is 5.19. The minimum Gasteiger partial charge on any atom is -0.497 e. The smallest absolute Gasteiger partial charge is 0.264 e. The number of nitrogens with two attached hydrogens (primary N) is 1. The molecule has 3 aromatic rings. The lowest BCUT2D eigenvalue weighted by Gasteiger charge is -2.43. The lowest BCUT2D eigenvalue weighted by Crippen LogP contribution is -2.58. The maximum Gasteiger partial charge on any atom is 0.264 e. The molecule has 2 aliphatic rings. The van der Waals surface area contributed by atoms with E-state index in [4.69, 9.17) is 10.5 Å². The number of piperidine rings is 1. The summed E-state index contributed by atoms with van der Waals surface area (Å²) in [4.78, 5) is 35.0.